The van der Waals surface area contributed by atoms with Crippen molar-refractivity contribution < 1.29 is 35.9 Å². The van der Waals surface area contributed by atoms with Crippen LogP contribution in [0.3, 0.4) is 0 Å². The Morgan fingerprint density at radius 3 is 2.56 bits per heavy atom. The molecule has 0 spiro atoms. The van der Waals surface area contributed by atoms with Crippen molar-refractivity contribution in [1.29, 1.82) is 0 Å². The predicted octanol–water partition coefficient (Wildman–Crippen LogP) is 5.60. The van der Waals surface area contributed by atoms with Crippen LogP contribution in [0.2, 0.25) is 5.02 Å². The van der Waals surface area contributed by atoms with Gasteiger partial charge in [0.2, 0.25) is 5.88 Å². The van der Waals surface area contributed by atoms with Gasteiger partial charge < -0.3 is 21.5 Å². The fourth-order valence-electron chi connectivity index (χ4n) is 3.41. The molecular weight excluding hydrogens is 554 g/mol. The maximum Gasteiger partial charge on any atom is 0.425 e. The molecule has 1 amide bonds. The second kappa shape index (κ2) is 12.1. The molecule has 15 heteroatoms. The van der Waals surface area contributed by atoms with Crippen molar-refractivity contribution in [2.75, 3.05) is 6.61 Å². The quantitative estimate of drug-likeness (QED) is 0.139. The summed E-state index contributed by atoms with van der Waals surface area (Å²) in [5.41, 5.74) is 10.2. The molecule has 0 radical (unpaired) electrons. The van der Waals surface area contributed by atoms with Gasteiger partial charge in [-0.25, -0.2) is 14.1 Å². The van der Waals surface area contributed by atoms with Crippen molar-refractivity contribution in [2.24, 2.45) is 23.5 Å². The summed E-state index contributed by atoms with van der Waals surface area (Å²) >= 11 is 6.16. The number of unbranched alkanes of at least 4 members (excludes halogenated alkanes) is 1. The van der Waals surface area contributed by atoms with Crippen LogP contribution in [0.25, 0.3) is 5.57 Å². The van der Waals surface area contributed by atoms with Crippen molar-refractivity contribution in [3.63, 3.8) is 0 Å². The number of carbonyl (C=O) groups excluding carboxylic acids is 1. The molecule has 1 heterocycles. The first-order chi connectivity index (χ1) is 18.3. The molecule has 2 aromatic rings. The molecule has 1 aliphatic rings. The normalized spacial score (nSPS) is 14.9. The number of amides is 1. The van der Waals surface area contributed by atoms with Crippen molar-refractivity contribution in [3.05, 3.63) is 58.0 Å². The Hall–Kier alpha value is -3.52. The second-order valence-electron chi connectivity index (χ2n) is 8.78. The number of benzene rings is 1. The van der Waals surface area contributed by atoms with E-state index in [4.69, 9.17) is 27.8 Å². The van der Waals surface area contributed by atoms with Crippen molar-refractivity contribution in [2.45, 2.75) is 43.9 Å². The maximum atomic E-state index is 13.9. The molecule has 5 N–H and O–H groups in total. The van der Waals surface area contributed by atoms with Gasteiger partial charge in [0.05, 0.1) is 22.9 Å². The fraction of sp³-hybridized carbons (Fsp3) is 0.375. The number of aliphatic imine (C=N–C) groups is 1. The third-order valence-corrected chi connectivity index (χ3v) is 6.03. The van der Waals surface area contributed by atoms with Crippen molar-refractivity contribution in [3.8, 4) is 5.88 Å². The number of nitrogens with zero attached hydrogens (tertiary/aromatic N) is 3. The SMILES string of the molecule is Cn1nc(OCCCCC(F)=C(F)F)c(C(F)(F)F)c1N=CC(=CN)c1ccc(Cl)c(C(=O)NC2(N)CC2)c1. The van der Waals surface area contributed by atoms with Crippen LogP contribution in [0.4, 0.5) is 32.2 Å². The lowest BCUT2D eigenvalue weighted by Gasteiger charge is -2.13. The number of alkyl halides is 3. The number of aromatic nitrogens is 2. The van der Waals surface area contributed by atoms with E-state index < -0.39 is 53.3 Å². The highest BCUT2D eigenvalue weighted by Crippen LogP contribution is 2.42. The minimum Gasteiger partial charge on any atom is -0.476 e. The zero-order valence-electron chi connectivity index (χ0n) is 20.6. The van der Waals surface area contributed by atoms with Gasteiger partial charge in [-0.1, -0.05) is 17.7 Å². The third kappa shape index (κ3) is 7.76. The van der Waals surface area contributed by atoms with Crippen LogP contribution in [-0.2, 0) is 13.2 Å². The number of rotatable bonds is 11. The molecule has 0 unspecified atom stereocenters. The summed E-state index contributed by atoms with van der Waals surface area (Å²) in [6.07, 6.45) is -4.60. The summed E-state index contributed by atoms with van der Waals surface area (Å²) in [6.45, 7) is -0.321. The first-order valence-corrected chi connectivity index (χ1v) is 12.0. The van der Waals surface area contributed by atoms with Crippen LogP contribution in [0.5, 0.6) is 5.88 Å². The number of nitrogens with one attached hydrogen (secondary N) is 1. The van der Waals surface area contributed by atoms with E-state index in [1.165, 1.54) is 25.2 Å². The van der Waals surface area contributed by atoms with Gasteiger partial charge in [-0.05, 0) is 43.4 Å². The molecule has 8 nitrogen and oxygen atoms in total. The molecule has 212 valence electrons. The number of aryl methyl sites for hydroxylation is 1. The van der Waals surface area contributed by atoms with E-state index in [9.17, 15) is 31.1 Å². The lowest BCUT2D eigenvalue weighted by molar-refractivity contribution is -0.138. The van der Waals surface area contributed by atoms with Gasteiger partial charge in [-0.2, -0.15) is 22.0 Å². The largest absolute Gasteiger partial charge is 0.476 e. The van der Waals surface area contributed by atoms with Crippen LogP contribution >= 0.6 is 11.6 Å². The van der Waals surface area contributed by atoms with Crippen LogP contribution in [-0.4, -0.2) is 34.2 Å². The van der Waals surface area contributed by atoms with E-state index in [0.29, 0.717) is 18.4 Å². The maximum absolute atomic E-state index is 13.9. The molecule has 1 aliphatic carbocycles. The molecule has 3 rings (SSSR count). The third-order valence-electron chi connectivity index (χ3n) is 5.70. The van der Waals surface area contributed by atoms with E-state index in [2.05, 4.69) is 15.4 Å². The minimum atomic E-state index is -4.92. The number of halogens is 7. The number of allylic oxidation sites excluding steroid dienone is 2. The topological polar surface area (TPSA) is 121 Å². The zero-order valence-corrected chi connectivity index (χ0v) is 21.3. The molecule has 1 aromatic heterocycles. The van der Waals surface area contributed by atoms with E-state index in [0.717, 1.165) is 17.1 Å². The highest BCUT2D eigenvalue weighted by molar-refractivity contribution is 6.34. The lowest BCUT2D eigenvalue weighted by atomic mass is 10.0. The van der Waals surface area contributed by atoms with Crippen LogP contribution < -0.4 is 21.5 Å². The summed E-state index contributed by atoms with van der Waals surface area (Å²) < 4.78 is 84.7. The Morgan fingerprint density at radius 2 is 1.97 bits per heavy atom. The van der Waals surface area contributed by atoms with Gasteiger partial charge >= 0.3 is 12.3 Å². The average molecular weight is 579 g/mol. The van der Waals surface area contributed by atoms with Gasteiger partial charge in [-0.15, -0.1) is 5.10 Å². The molecular formula is C24H25ClF6N6O2. The van der Waals surface area contributed by atoms with Crippen LogP contribution in [0.1, 0.15) is 53.6 Å². The Morgan fingerprint density at radius 1 is 1.28 bits per heavy atom. The molecule has 1 fully saturated rings. The Kier molecular flexibility index (Phi) is 9.33. The summed E-state index contributed by atoms with van der Waals surface area (Å²) in [4.78, 5) is 16.5. The summed E-state index contributed by atoms with van der Waals surface area (Å²) in [6, 6.07) is 4.35. The summed E-state index contributed by atoms with van der Waals surface area (Å²) in [5.74, 6) is -3.47. The standard InChI is InChI=1S/C24H25ClF6N6O2/c1-37-20(18(24(29,30)31)22(36-37)39-9-3-2-4-17(26)19(27)28)34-12-14(11-32)13-5-6-16(25)15(10-13)21(38)35-23(33)7-8-23/h5-6,10-12H,2-4,7-9,32-33H2,1H3,(H,35,38). The number of hydrogen-bond acceptors (Lipinski definition) is 6. The molecule has 0 bridgehead atoms. The first kappa shape index (κ1) is 30.0. The van der Waals surface area contributed by atoms with Crippen LogP contribution in [0, 0.1) is 0 Å². The fourth-order valence-corrected chi connectivity index (χ4v) is 3.61. The monoisotopic (exact) mass is 578 g/mol. The summed E-state index contributed by atoms with van der Waals surface area (Å²) in [5, 5.41) is 6.53. The Balaban J connectivity index is 1.81. The first-order valence-electron chi connectivity index (χ1n) is 11.6. The number of carbonyl (C=O) groups is 1. The molecule has 1 aromatic carbocycles. The molecule has 0 atom stereocenters. The Labute approximate surface area is 224 Å². The predicted molar refractivity (Wildman–Crippen MR) is 133 cm³/mol. The number of ether oxygens (including phenoxy) is 1. The van der Waals surface area contributed by atoms with Crippen molar-refractivity contribution >= 4 is 35.1 Å². The van der Waals surface area contributed by atoms with E-state index in [1.807, 2.05) is 0 Å². The number of hydrogen-bond donors (Lipinski definition) is 3. The molecule has 1 saturated carbocycles. The van der Waals surface area contributed by atoms with Gasteiger partial charge in [0.25, 0.3) is 5.91 Å². The Bertz CT molecular complexity index is 1310. The van der Waals surface area contributed by atoms with E-state index in [1.54, 1.807) is 0 Å². The van der Waals surface area contributed by atoms with Crippen LogP contribution in [0.15, 0.2) is 41.3 Å². The highest BCUT2D eigenvalue weighted by atomic mass is 35.5. The van der Waals surface area contributed by atoms with E-state index >= 15 is 0 Å². The molecule has 0 saturated heterocycles. The van der Waals surface area contributed by atoms with E-state index in [-0.39, 0.29) is 35.6 Å². The number of nitrogens with two attached hydrogens (primary N) is 2. The smallest absolute Gasteiger partial charge is 0.425 e. The lowest BCUT2D eigenvalue weighted by Crippen LogP contribution is -2.43. The van der Waals surface area contributed by atoms with Gasteiger partial charge in [-0.3, -0.25) is 4.79 Å². The summed E-state index contributed by atoms with van der Waals surface area (Å²) in [7, 11) is 1.22. The van der Waals surface area contributed by atoms with Crippen molar-refractivity contribution in [1.82, 2.24) is 15.1 Å². The minimum absolute atomic E-state index is 0.00495. The van der Waals surface area contributed by atoms with Gasteiger partial charge in [0.1, 0.15) is 0 Å². The van der Waals surface area contributed by atoms with Gasteiger partial charge in [0.15, 0.2) is 17.2 Å². The van der Waals surface area contributed by atoms with Gasteiger partial charge in [0, 0.05) is 31.5 Å². The highest BCUT2D eigenvalue weighted by Gasteiger charge is 2.41. The molecule has 39 heavy (non-hydrogen) atoms. The average Bonchev–Trinajstić information content (AvgIpc) is 3.48. The zero-order chi connectivity index (χ0) is 29.0. The second-order valence-corrected chi connectivity index (χ2v) is 9.19. The molecule has 0 aliphatic heterocycles.